The Hall–Kier alpha value is -1.58. The molecule has 4 nitrogen and oxygen atoms in total. The first-order valence-electron chi connectivity index (χ1n) is 6.68. The van der Waals surface area contributed by atoms with Crippen molar-refractivity contribution in [2.45, 2.75) is 46.1 Å². The summed E-state index contributed by atoms with van der Waals surface area (Å²) in [6.07, 6.45) is 4.82. The van der Waals surface area contributed by atoms with Gasteiger partial charge in [-0.05, 0) is 31.9 Å². The van der Waals surface area contributed by atoms with Gasteiger partial charge in [0, 0.05) is 18.8 Å². The minimum absolute atomic E-state index is 0.0584. The van der Waals surface area contributed by atoms with Gasteiger partial charge in [-0.25, -0.2) is 4.98 Å². The van der Waals surface area contributed by atoms with Gasteiger partial charge in [-0.2, -0.15) is 0 Å². The molecule has 0 spiro atoms. The predicted octanol–water partition coefficient (Wildman–Crippen LogP) is 2.82. The lowest BCUT2D eigenvalue weighted by atomic mass is 10.2. The van der Waals surface area contributed by atoms with Crippen LogP contribution < -0.4 is 10.6 Å². The second kappa shape index (κ2) is 7.69. The third kappa shape index (κ3) is 4.73. The predicted molar refractivity (Wildman–Crippen MR) is 74.9 cm³/mol. The Morgan fingerprint density at radius 1 is 1.39 bits per heavy atom. The van der Waals surface area contributed by atoms with Crippen LogP contribution in [0.15, 0.2) is 18.3 Å². The zero-order valence-electron chi connectivity index (χ0n) is 11.5. The molecule has 1 amide bonds. The lowest BCUT2D eigenvalue weighted by molar-refractivity contribution is 0.0939. The molecule has 0 aliphatic carbocycles. The zero-order valence-corrected chi connectivity index (χ0v) is 11.5. The second-order valence-corrected chi connectivity index (χ2v) is 4.50. The molecule has 1 atom stereocenters. The summed E-state index contributed by atoms with van der Waals surface area (Å²) in [7, 11) is 0. The highest BCUT2D eigenvalue weighted by molar-refractivity contribution is 5.94. The van der Waals surface area contributed by atoms with Crippen LogP contribution in [0.4, 0.5) is 5.82 Å². The van der Waals surface area contributed by atoms with E-state index in [4.69, 9.17) is 0 Å². The quantitative estimate of drug-likeness (QED) is 0.731. The number of aromatic nitrogens is 1. The Balaban J connectivity index is 2.51. The summed E-state index contributed by atoms with van der Waals surface area (Å²) in [5.41, 5.74) is 0.608. The molecule has 0 saturated carbocycles. The van der Waals surface area contributed by atoms with Crippen LogP contribution in [0.2, 0.25) is 0 Å². The van der Waals surface area contributed by atoms with Gasteiger partial charge in [0.05, 0.1) is 5.56 Å². The van der Waals surface area contributed by atoms with Gasteiger partial charge in [0.25, 0.3) is 5.91 Å². The molecule has 0 bridgehead atoms. The van der Waals surface area contributed by atoms with Crippen molar-refractivity contribution in [3.8, 4) is 0 Å². The van der Waals surface area contributed by atoms with Crippen molar-refractivity contribution < 1.29 is 4.79 Å². The van der Waals surface area contributed by atoms with Crippen molar-refractivity contribution in [1.29, 1.82) is 0 Å². The average Bonchev–Trinajstić information content (AvgIpc) is 2.39. The van der Waals surface area contributed by atoms with E-state index < -0.39 is 0 Å². The normalized spacial score (nSPS) is 11.9. The molecule has 0 aliphatic rings. The van der Waals surface area contributed by atoms with Crippen molar-refractivity contribution in [1.82, 2.24) is 10.3 Å². The molecule has 0 radical (unpaired) electrons. The molecule has 1 rings (SSSR count). The number of unbranched alkanes of at least 4 members (excludes halogenated alkanes) is 1. The van der Waals surface area contributed by atoms with Crippen molar-refractivity contribution in [2.24, 2.45) is 0 Å². The highest BCUT2D eigenvalue weighted by Gasteiger charge is 2.08. The summed E-state index contributed by atoms with van der Waals surface area (Å²) in [5, 5.41) is 6.14. The van der Waals surface area contributed by atoms with Crippen molar-refractivity contribution >= 4 is 11.7 Å². The molecule has 0 aromatic carbocycles. The van der Waals surface area contributed by atoms with Crippen LogP contribution in [0, 0.1) is 0 Å². The minimum atomic E-state index is -0.0584. The van der Waals surface area contributed by atoms with Gasteiger partial charge in [-0.15, -0.1) is 0 Å². The number of rotatable bonds is 7. The van der Waals surface area contributed by atoms with Gasteiger partial charge in [0.2, 0.25) is 0 Å². The van der Waals surface area contributed by atoms with Crippen LogP contribution in [0.3, 0.4) is 0 Å². The first kappa shape index (κ1) is 14.5. The van der Waals surface area contributed by atoms with Crippen molar-refractivity contribution in [2.75, 3.05) is 11.9 Å². The SMILES string of the molecule is CCCCNc1ccc(C(=O)NC(C)CC)cn1. The summed E-state index contributed by atoms with van der Waals surface area (Å²) in [6, 6.07) is 3.85. The van der Waals surface area contributed by atoms with E-state index in [0.29, 0.717) is 5.56 Å². The van der Waals surface area contributed by atoms with Crippen LogP contribution in [0.5, 0.6) is 0 Å². The van der Waals surface area contributed by atoms with E-state index in [1.807, 2.05) is 19.9 Å². The number of anilines is 1. The number of hydrogen-bond donors (Lipinski definition) is 2. The number of carbonyl (C=O) groups excluding carboxylic acids is 1. The van der Waals surface area contributed by atoms with E-state index in [2.05, 4.69) is 22.5 Å². The molecule has 1 aromatic rings. The summed E-state index contributed by atoms with van der Waals surface area (Å²) < 4.78 is 0. The summed E-state index contributed by atoms with van der Waals surface area (Å²) in [4.78, 5) is 16.0. The van der Waals surface area contributed by atoms with Crippen LogP contribution in [-0.4, -0.2) is 23.5 Å². The van der Waals surface area contributed by atoms with Gasteiger partial charge in [-0.3, -0.25) is 4.79 Å². The largest absolute Gasteiger partial charge is 0.370 e. The first-order chi connectivity index (χ1) is 8.67. The third-order valence-electron chi connectivity index (χ3n) is 2.85. The highest BCUT2D eigenvalue weighted by Crippen LogP contribution is 2.06. The second-order valence-electron chi connectivity index (χ2n) is 4.50. The molecule has 1 unspecified atom stereocenters. The van der Waals surface area contributed by atoms with Crippen molar-refractivity contribution in [3.05, 3.63) is 23.9 Å². The lowest BCUT2D eigenvalue weighted by Crippen LogP contribution is -2.31. The maximum Gasteiger partial charge on any atom is 0.253 e. The van der Waals surface area contributed by atoms with Crippen LogP contribution in [0.25, 0.3) is 0 Å². The van der Waals surface area contributed by atoms with E-state index in [0.717, 1.165) is 31.6 Å². The van der Waals surface area contributed by atoms with Crippen LogP contribution >= 0.6 is 0 Å². The fourth-order valence-corrected chi connectivity index (χ4v) is 1.44. The minimum Gasteiger partial charge on any atom is -0.370 e. The fourth-order valence-electron chi connectivity index (χ4n) is 1.44. The van der Waals surface area contributed by atoms with Gasteiger partial charge < -0.3 is 10.6 Å². The Morgan fingerprint density at radius 3 is 2.72 bits per heavy atom. The van der Waals surface area contributed by atoms with Gasteiger partial charge in [0.1, 0.15) is 5.82 Å². The summed E-state index contributed by atoms with van der Waals surface area (Å²) in [5.74, 6) is 0.764. The maximum absolute atomic E-state index is 11.8. The number of nitrogens with zero attached hydrogens (tertiary/aromatic N) is 1. The molecule has 0 aliphatic heterocycles. The summed E-state index contributed by atoms with van der Waals surface area (Å²) in [6.45, 7) is 7.11. The third-order valence-corrected chi connectivity index (χ3v) is 2.85. The van der Waals surface area contributed by atoms with Gasteiger partial charge in [0.15, 0.2) is 0 Å². The van der Waals surface area contributed by atoms with Gasteiger partial charge in [-0.1, -0.05) is 20.3 Å². The standard InChI is InChI=1S/C14H23N3O/c1-4-6-9-15-13-8-7-12(10-16-13)14(18)17-11(3)5-2/h7-8,10-11H,4-6,9H2,1-3H3,(H,15,16)(H,17,18). The average molecular weight is 249 g/mol. The van der Waals surface area contributed by atoms with Crippen LogP contribution in [-0.2, 0) is 0 Å². The molecule has 0 saturated heterocycles. The molecule has 1 heterocycles. The van der Waals surface area contributed by atoms with E-state index >= 15 is 0 Å². The molecule has 2 N–H and O–H groups in total. The van der Waals surface area contributed by atoms with E-state index in [1.165, 1.54) is 0 Å². The fraction of sp³-hybridized carbons (Fsp3) is 0.571. The van der Waals surface area contributed by atoms with Gasteiger partial charge >= 0.3 is 0 Å². The molecular formula is C14H23N3O. The molecule has 1 aromatic heterocycles. The number of hydrogen-bond acceptors (Lipinski definition) is 3. The molecule has 18 heavy (non-hydrogen) atoms. The Morgan fingerprint density at radius 2 is 2.17 bits per heavy atom. The van der Waals surface area contributed by atoms with Crippen LogP contribution in [0.1, 0.15) is 50.4 Å². The topological polar surface area (TPSA) is 54.0 Å². The van der Waals surface area contributed by atoms with E-state index in [9.17, 15) is 4.79 Å². The molecule has 100 valence electrons. The first-order valence-corrected chi connectivity index (χ1v) is 6.68. The highest BCUT2D eigenvalue weighted by atomic mass is 16.1. The summed E-state index contributed by atoms with van der Waals surface area (Å²) >= 11 is 0. The lowest BCUT2D eigenvalue weighted by Gasteiger charge is -2.11. The Kier molecular flexibility index (Phi) is 6.19. The number of nitrogens with one attached hydrogen (secondary N) is 2. The number of amides is 1. The number of carbonyl (C=O) groups is 1. The van der Waals surface area contributed by atoms with Crippen molar-refractivity contribution in [3.63, 3.8) is 0 Å². The smallest absolute Gasteiger partial charge is 0.253 e. The number of pyridine rings is 1. The zero-order chi connectivity index (χ0) is 13.4. The molecule has 0 fully saturated rings. The van der Waals surface area contributed by atoms with E-state index in [-0.39, 0.29) is 11.9 Å². The maximum atomic E-state index is 11.8. The van der Waals surface area contributed by atoms with E-state index in [1.54, 1.807) is 12.3 Å². The Labute approximate surface area is 109 Å². The Bertz CT molecular complexity index is 362. The monoisotopic (exact) mass is 249 g/mol. The molecular weight excluding hydrogens is 226 g/mol. The molecule has 4 heteroatoms.